The van der Waals surface area contributed by atoms with Gasteiger partial charge in [0.1, 0.15) is 0 Å². The number of aryl methyl sites for hydroxylation is 1. The van der Waals surface area contributed by atoms with Crippen LogP contribution >= 0.6 is 0 Å². The van der Waals surface area contributed by atoms with E-state index in [1.165, 1.54) is 5.56 Å². The predicted octanol–water partition coefficient (Wildman–Crippen LogP) is 2.13. The highest BCUT2D eigenvalue weighted by molar-refractivity contribution is 5.19. The Hall–Kier alpha value is -0.970. The zero-order chi connectivity index (χ0) is 13.2. The van der Waals surface area contributed by atoms with Crippen LogP contribution in [0.3, 0.4) is 0 Å². The Morgan fingerprint density at radius 2 is 1.94 bits per heavy atom. The first-order valence-electron chi connectivity index (χ1n) is 6.68. The monoisotopic (exact) mass is 252 g/mol. The molecule has 102 valence electrons. The van der Waals surface area contributed by atoms with E-state index in [-0.39, 0.29) is 6.29 Å². The molecule has 0 aliphatic rings. The summed E-state index contributed by atoms with van der Waals surface area (Å²) in [6.07, 6.45) is 2.66. The molecular weight excluding hydrogens is 228 g/mol. The van der Waals surface area contributed by atoms with E-state index >= 15 is 0 Å². The minimum absolute atomic E-state index is 0.172. The van der Waals surface area contributed by atoms with Crippen LogP contribution in [0.15, 0.2) is 18.3 Å². The largest absolute Gasteiger partial charge is 0.352 e. The van der Waals surface area contributed by atoms with Crippen LogP contribution in [0.2, 0.25) is 0 Å². The first-order valence-corrected chi connectivity index (χ1v) is 6.68. The minimum Gasteiger partial charge on any atom is -0.352 e. The Labute approximate surface area is 110 Å². The Morgan fingerprint density at radius 1 is 1.22 bits per heavy atom. The van der Waals surface area contributed by atoms with Crippen molar-refractivity contribution >= 4 is 0 Å². The van der Waals surface area contributed by atoms with E-state index < -0.39 is 0 Å². The summed E-state index contributed by atoms with van der Waals surface area (Å²) in [7, 11) is 0. The molecule has 0 saturated carbocycles. The van der Waals surface area contributed by atoms with Crippen molar-refractivity contribution in [3.8, 4) is 0 Å². The summed E-state index contributed by atoms with van der Waals surface area (Å²) >= 11 is 0. The van der Waals surface area contributed by atoms with Crippen LogP contribution in [0.4, 0.5) is 0 Å². The molecule has 0 aliphatic carbocycles. The number of rotatable bonds is 9. The SMILES string of the molecule is CCOC(CNCc1ncccc1CC)OCC. The van der Waals surface area contributed by atoms with E-state index in [4.69, 9.17) is 9.47 Å². The predicted molar refractivity (Wildman–Crippen MR) is 72.4 cm³/mol. The van der Waals surface area contributed by atoms with Gasteiger partial charge in [0.25, 0.3) is 0 Å². The van der Waals surface area contributed by atoms with Crippen molar-refractivity contribution < 1.29 is 9.47 Å². The Kier molecular flexibility index (Phi) is 7.57. The van der Waals surface area contributed by atoms with Crippen molar-refractivity contribution in [2.75, 3.05) is 19.8 Å². The topological polar surface area (TPSA) is 43.4 Å². The van der Waals surface area contributed by atoms with Gasteiger partial charge in [0.15, 0.2) is 6.29 Å². The lowest BCUT2D eigenvalue weighted by molar-refractivity contribution is -0.133. The van der Waals surface area contributed by atoms with Gasteiger partial charge in [-0.3, -0.25) is 4.98 Å². The van der Waals surface area contributed by atoms with E-state index in [0.29, 0.717) is 19.8 Å². The lowest BCUT2D eigenvalue weighted by atomic mass is 10.1. The van der Waals surface area contributed by atoms with Gasteiger partial charge in [-0.05, 0) is 31.9 Å². The zero-order valence-electron chi connectivity index (χ0n) is 11.6. The molecule has 4 heteroatoms. The first kappa shape index (κ1) is 15.1. The number of nitrogens with zero attached hydrogens (tertiary/aromatic N) is 1. The van der Waals surface area contributed by atoms with Crippen molar-refractivity contribution in [1.82, 2.24) is 10.3 Å². The standard InChI is InChI=1S/C14H24N2O2/c1-4-12-8-7-9-16-13(12)10-15-11-14(17-5-2)18-6-3/h7-9,14-15H,4-6,10-11H2,1-3H3. The molecule has 1 N–H and O–H groups in total. The summed E-state index contributed by atoms with van der Waals surface area (Å²) in [6, 6.07) is 4.10. The summed E-state index contributed by atoms with van der Waals surface area (Å²) in [4.78, 5) is 4.39. The van der Waals surface area contributed by atoms with E-state index in [1.807, 2.05) is 26.1 Å². The molecule has 0 amide bonds. The highest BCUT2D eigenvalue weighted by atomic mass is 16.7. The van der Waals surface area contributed by atoms with Gasteiger partial charge in [0.2, 0.25) is 0 Å². The van der Waals surface area contributed by atoms with Crippen LogP contribution in [0.5, 0.6) is 0 Å². The quantitative estimate of drug-likeness (QED) is 0.684. The number of hydrogen-bond acceptors (Lipinski definition) is 4. The van der Waals surface area contributed by atoms with E-state index in [9.17, 15) is 0 Å². The fourth-order valence-corrected chi connectivity index (χ4v) is 1.80. The number of hydrogen-bond donors (Lipinski definition) is 1. The molecule has 4 nitrogen and oxygen atoms in total. The summed E-state index contributed by atoms with van der Waals surface area (Å²) in [5, 5.41) is 3.33. The Morgan fingerprint density at radius 3 is 2.56 bits per heavy atom. The molecule has 0 unspecified atom stereocenters. The van der Waals surface area contributed by atoms with Crippen LogP contribution in [-0.2, 0) is 22.4 Å². The third-order valence-corrected chi connectivity index (χ3v) is 2.67. The normalized spacial score (nSPS) is 11.1. The number of nitrogens with one attached hydrogen (secondary N) is 1. The van der Waals surface area contributed by atoms with Gasteiger partial charge < -0.3 is 14.8 Å². The lowest BCUT2D eigenvalue weighted by Crippen LogP contribution is -2.31. The molecule has 1 heterocycles. The molecule has 0 spiro atoms. The highest BCUT2D eigenvalue weighted by Crippen LogP contribution is 2.05. The molecule has 0 fully saturated rings. The van der Waals surface area contributed by atoms with Crippen molar-refractivity contribution in [3.05, 3.63) is 29.6 Å². The molecule has 0 aromatic carbocycles. The molecule has 0 bridgehead atoms. The van der Waals surface area contributed by atoms with Gasteiger partial charge >= 0.3 is 0 Å². The lowest BCUT2D eigenvalue weighted by Gasteiger charge is -2.17. The average Bonchev–Trinajstić information content (AvgIpc) is 2.40. The maximum Gasteiger partial charge on any atom is 0.169 e. The first-order chi connectivity index (χ1) is 8.81. The Balaban J connectivity index is 2.39. The third kappa shape index (κ3) is 5.12. The summed E-state index contributed by atoms with van der Waals surface area (Å²) in [5.74, 6) is 0. The van der Waals surface area contributed by atoms with Crippen LogP contribution in [0.1, 0.15) is 32.0 Å². The maximum absolute atomic E-state index is 5.47. The van der Waals surface area contributed by atoms with Gasteiger partial charge in [-0.25, -0.2) is 0 Å². The van der Waals surface area contributed by atoms with E-state index in [0.717, 1.165) is 18.7 Å². The molecule has 1 aromatic heterocycles. The second-order valence-electron chi connectivity index (χ2n) is 3.93. The average molecular weight is 252 g/mol. The van der Waals surface area contributed by atoms with Crippen molar-refractivity contribution in [3.63, 3.8) is 0 Å². The van der Waals surface area contributed by atoms with Gasteiger partial charge in [-0.2, -0.15) is 0 Å². The van der Waals surface area contributed by atoms with Crippen molar-refractivity contribution in [2.45, 2.75) is 40.0 Å². The second kappa shape index (κ2) is 9.03. The van der Waals surface area contributed by atoms with Gasteiger partial charge in [-0.15, -0.1) is 0 Å². The Bertz CT molecular complexity index is 325. The van der Waals surface area contributed by atoms with E-state index in [2.05, 4.69) is 23.3 Å². The summed E-state index contributed by atoms with van der Waals surface area (Å²) in [5.41, 5.74) is 2.39. The van der Waals surface area contributed by atoms with Crippen LogP contribution in [-0.4, -0.2) is 31.0 Å². The third-order valence-electron chi connectivity index (χ3n) is 2.67. The molecule has 0 aliphatic heterocycles. The zero-order valence-corrected chi connectivity index (χ0v) is 11.6. The highest BCUT2D eigenvalue weighted by Gasteiger charge is 2.08. The molecule has 0 saturated heterocycles. The fraction of sp³-hybridized carbons (Fsp3) is 0.643. The van der Waals surface area contributed by atoms with Crippen molar-refractivity contribution in [2.24, 2.45) is 0 Å². The molecule has 1 aromatic rings. The second-order valence-corrected chi connectivity index (χ2v) is 3.93. The number of aromatic nitrogens is 1. The molecule has 18 heavy (non-hydrogen) atoms. The molecular formula is C14H24N2O2. The van der Waals surface area contributed by atoms with Crippen LogP contribution in [0, 0.1) is 0 Å². The molecule has 1 rings (SSSR count). The summed E-state index contributed by atoms with van der Waals surface area (Å²) < 4.78 is 10.9. The van der Waals surface area contributed by atoms with Gasteiger partial charge in [0.05, 0.1) is 5.69 Å². The maximum atomic E-state index is 5.47. The van der Waals surface area contributed by atoms with Crippen LogP contribution < -0.4 is 5.32 Å². The molecule has 0 radical (unpaired) electrons. The molecule has 0 atom stereocenters. The minimum atomic E-state index is -0.172. The van der Waals surface area contributed by atoms with Gasteiger partial charge in [0, 0.05) is 32.5 Å². The fourth-order valence-electron chi connectivity index (χ4n) is 1.80. The number of ether oxygens (including phenoxy) is 2. The van der Waals surface area contributed by atoms with Crippen LogP contribution in [0.25, 0.3) is 0 Å². The summed E-state index contributed by atoms with van der Waals surface area (Å²) in [6.45, 7) is 8.85. The van der Waals surface area contributed by atoms with Crippen molar-refractivity contribution in [1.29, 1.82) is 0 Å². The number of pyridine rings is 1. The van der Waals surface area contributed by atoms with Gasteiger partial charge in [-0.1, -0.05) is 13.0 Å². The van der Waals surface area contributed by atoms with E-state index in [1.54, 1.807) is 0 Å². The smallest absolute Gasteiger partial charge is 0.169 e.